The highest BCUT2D eigenvalue weighted by atomic mass is 79.9. The molecule has 1 aliphatic heterocycles. The van der Waals surface area contributed by atoms with Gasteiger partial charge in [0.05, 0.1) is 0 Å². The fraction of sp³-hybridized carbons (Fsp3) is 0.571. The van der Waals surface area contributed by atoms with Crippen LogP contribution in [-0.4, -0.2) is 23.1 Å². The van der Waals surface area contributed by atoms with Crippen LogP contribution in [0.5, 0.6) is 5.75 Å². The Morgan fingerprint density at radius 1 is 1.41 bits per heavy atom. The molecule has 0 spiro atoms. The molecular formula is C14H20BrNO. The van der Waals surface area contributed by atoms with Crippen LogP contribution < -0.4 is 0 Å². The first kappa shape index (κ1) is 12.9. The molecule has 0 aromatic heterocycles. The van der Waals surface area contributed by atoms with Gasteiger partial charge in [-0.3, -0.25) is 4.90 Å². The lowest BCUT2D eigenvalue weighted by molar-refractivity contribution is 0.280. The van der Waals surface area contributed by atoms with E-state index < -0.39 is 0 Å². The molecule has 2 nitrogen and oxygen atoms in total. The molecule has 2 rings (SSSR count). The number of hydrogen-bond donors (Lipinski definition) is 1. The highest BCUT2D eigenvalue weighted by Gasteiger charge is 2.29. The number of aryl methyl sites for hydroxylation is 1. The van der Waals surface area contributed by atoms with Crippen LogP contribution in [0.4, 0.5) is 0 Å². The highest BCUT2D eigenvalue weighted by molar-refractivity contribution is 9.10. The second kappa shape index (κ2) is 4.62. The van der Waals surface area contributed by atoms with Crippen molar-refractivity contribution in [2.24, 2.45) is 5.41 Å². The summed E-state index contributed by atoms with van der Waals surface area (Å²) in [5, 5.41) is 10.1. The molecule has 0 atom stereocenters. The SMILES string of the molecule is Cc1cc(Br)cc(CN2CCC(C)(C)C2)c1O. The van der Waals surface area contributed by atoms with E-state index in [4.69, 9.17) is 0 Å². The zero-order chi connectivity index (χ0) is 12.6. The fourth-order valence-electron chi connectivity index (χ4n) is 2.53. The molecule has 1 saturated heterocycles. The van der Waals surface area contributed by atoms with Crippen molar-refractivity contribution >= 4 is 15.9 Å². The maximum atomic E-state index is 10.1. The van der Waals surface area contributed by atoms with Gasteiger partial charge in [-0.05, 0) is 43.0 Å². The van der Waals surface area contributed by atoms with Crippen LogP contribution in [0.25, 0.3) is 0 Å². The summed E-state index contributed by atoms with van der Waals surface area (Å²) < 4.78 is 1.04. The number of nitrogens with zero attached hydrogens (tertiary/aromatic N) is 1. The molecule has 0 bridgehead atoms. The Balaban J connectivity index is 2.14. The molecule has 1 heterocycles. The average Bonchev–Trinajstić information content (AvgIpc) is 2.54. The van der Waals surface area contributed by atoms with Gasteiger partial charge in [0.2, 0.25) is 0 Å². The highest BCUT2D eigenvalue weighted by Crippen LogP contribution is 2.33. The van der Waals surface area contributed by atoms with Gasteiger partial charge in [0, 0.05) is 23.1 Å². The molecule has 1 aliphatic rings. The fourth-order valence-corrected chi connectivity index (χ4v) is 3.15. The van der Waals surface area contributed by atoms with Gasteiger partial charge in [-0.25, -0.2) is 0 Å². The van der Waals surface area contributed by atoms with E-state index in [0.717, 1.165) is 35.2 Å². The largest absolute Gasteiger partial charge is 0.507 e. The molecule has 1 fully saturated rings. The maximum absolute atomic E-state index is 10.1. The molecule has 94 valence electrons. The van der Waals surface area contributed by atoms with Gasteiger partial charge in [-0.1, -0.05) is 29.8 Å². The van der Waals surface area contributed by atoms with Crippen LogP contribution in [0.15, 0.2) is 16.6 Å². The van der Waals surface area contributed by atoms with Crippen LogP contribution in [0.3, 0.4) is 0 Å². The van der Waals surface area contributed by atoms with E-state index in [1.807, 2.05) is 19.1 Å². The lowest BCUT2D eigenvalue weighted by Crippen LogP contribution is -2.22. The number of benzene rings is 1. The van der Waals surface area contributed by atoms with Crippen molar-refractivity contribution in [3.63, 3.8) is 0 Å². The maximum Gasteiger partial charge on any atom is 0.123 e. The minimum absolute atomic E-state index is 0.413. The first-order valence-corrected chi connectivity index (χ1v) is 6.87. The number of rotatable bonds is 2. The van der Waals surface area contributed by atoms with Crippen molar-refractivity contribution in [2.75, 3.05) is 13.1 Å². The first-order valence-electron chi connectivity index (χ1n) is 6.08. The number of aromatic hydroxyl groups is 1. The zero-order valence-corrected chi connectivity index (χ0v) is 12.3. The Morgan fingerprint density at radius 3 is 2.71 bits per heavy atom. The first-order chi connectivity index (χ1) is 7.87. The number of likely N-dealkylation sites (tertiary alicyclic amines) is 1. The van der Waals surface area contributed by atoms with Crippen LogP contribution in [0.1, 0.15) is 31.4 Å². The summed E-state index contributed by atoms with van der Waals surface area (Å²) in [6.07, 6.45) is 1.24. The summed E-state index contributed by atoms with van der Waals surface area (Å²) in [7, 11) is 0. The summed E-state index contributed by atoms with van der Waals surface area (Å²) >= 11 is 3.49. The van der Waals surface area contributed by atoms with E-state index in [-0.39, 0.29) is 0 Å². The van der Waals surface area contributed by atoms with Gasteiger partial charge in [0.1, 0.15) is 5.75 Å². The van der Waals surface area contributed by atoms with Gasteiger partial charge in [0.15, 0.2) is 0 Å². The van der Waals surface area contributed by atoms with Gasteiger partial charge in [-0.15, -0.1) is 0 Å². The van der Waals surface area contributed by atoms with Crippen molar-refractivity contribution in [1.82, 2.24) is 4.90 Å². The van der Waals surface area contributed by atoms with Crippen LogP contribution in [-0.2, 0) is 6.54 Å². The minimum Gasteiger partial charge on any atom is -0.507 e. The van der Waals surface area contributed by atoms with Crippen LogP contribution >= 0.6 is 15.9 Å². The van der Waals surface area contributed by atoms with Gasteiger partial charge >= 0.3 is 0 Å². The monoisotopic (exact) mass is 297 g/mol. The second-order valence-electron chi connectivity index (χ2n) is 5.86. The Kier molecular flexibility index (Phi) is 3.50. The molecule has 0 unspecified atom stereocenters. The number of halogens is 1. The van der Waals surface area contributed by atoms with E-state index in [1.54, 1.807) is 0 Å². The predicted octanol–water partition coefficient (Wildman–Crippen LogP) is 3.70. The van der Waals surface area contributed by atoms with E-state index in [0.29, 0.717) is 11.2 Å². The lowest BCUT2D eigenvalue weighted by Gasteiger charge is -2.20. The summed E-state index contributed by atoms with van der Waals surface area (Å²) in [5.41, 5.74) is 2.37. The van der Waals surface area contributed by atoms with Gasteiger partial charge in [0.25, 0.3) is 0 Å². The van der Waals surface area contributed by atoms with Crippen molar-refractivity contribution < 1.29 is 5.11 Å². The lowest BCUT2D eigenvalue weighted by atomic mass is 9.93. The van der Waals surface area contributed by atoms with Crippen molar-refractivity contribution in [3.05, 3.63) is 27.7 Å². The van der Waals surface area contributed by atoms with Crippen molar-refractivity contribution in [1.29, 1.82) is 0 Å². The predicted molar refractivity (Wildman–Crippen MR) is 74.2 cm³/mol. The van der Waals surface area contributed by atoms with E-state index in [2.05, 4.69) is 34.7 Å². The molecule has 0 aliphatic carbocycles. The normalized spacial score (nSPS) is 19.8. The summed E-state index contributed by atoms with van der Waals surface area (Å²) in [6, 6.07) is 3.97. The quantitative estimate of drug-likeness (QED) is 0.900. The Morgan fingerprint density at radius 2 is 2.12 bits per heavy atom. The molecule has 1 N–H and O–H groups in total. The van der Waals surface area contributed by atoms with E-state index in [1.165, 1.54) is 6.42 Å². The number of hydrogen-bond acceptors (Lipinski definition) is 2. The minimum atomic E-state index is 0.413. The molecule has 0 radical (unpaired) electrons. The number of phenolic OH excluding ortho intramolecular Hbond substituents is 1. The molecule has 0 saturated carbocycles. The topological polar surface area (TPSA) is 23.5 Å². The third-order valence-corrected chi connectivity index (χ3v) is 3.95. The molecular weight excluding hydrogens is 278 g/mol. The molecule has 0 amide bonds. The molecule has 1 aromatic carbocycles. The Labute approximate surface area is 112 Å². The summed E-state index contributed by atoms with van der Waals surface area (Å²) in [4.78, 5) is 2.42. The van der Waals surface area contributed by atoms with Crippen LogP contribution in [0, 0.1) is 12.3 Å². The van der Waals surface area contributed by atoms with Gasteiger partial charge in [-0.2, -0.15) is 0 Å². The number of phenols is 1. The van der Waals surface area contributed by atoms with E-state index >= 15 is 0 Å². The molecule has 3 heteroatoms. The third kappa shape index (κ3) is 3.02. The zero-order valence-electron chi connectivity index (χ0n) is 10.8. The second-order valence-corrected chi connectivity index (χ2v) is 6.77. The summed E-state index contributed by atoms with van der Waals surface area (Å²) in [6.45, 7) is 9.63. The van der Waals surface area contributed by atoms with E-state index in [9.17, 15) is 5.11 Å². The third-order valence-electron chi connectivity index (χ3n) is 3.49. The Hall–Kier alpha value is -0.540. The van der Waals surface area contributed by atoms with Gasteiger partial charge < -0.3 is 5.11 Å². The summed E-state index contributed by atoms with van der Waals surface area (Å²) in [5.74, 6) is 0.443. The molecule has 1 aromatic rings. The van der Waals surface area contributed by atoms with Crippen LogP contribution in [0.2, 0.25) is 0 Å². The standard InChI is InChI=1S/C14H20BrNO/c1-10-6-12(15)7-11(13(10)17)8-16-5-4-14(2,3)9-16/h6-7,17H,4-5,8-9H2,1-3H3. The average molecular weight is 298 g/mol. The molecule has 17 heavy (non-hydrogen) atoms. The Bertz CT molecular complexity index is 428. The smallest absolute Gasteiger partial charge is 0.123 e. The van der Waals surface area contributed by atoms with Crippen molar-refractivity contribution in [3.8, 4) is 5.75 Å². The van der Waals surface area contributed by atoms with Crippen molar-refractivity contribution in [2.45, 2.75) is 33.7 Å².